The highest BCUT2D eigenvalue weighted by atomic mass is 127. The Kier molecular flexibility index (Phi) is 3.77. The molecule has 60 valence electrons. The largest absolute Gasteiger partial charge is 0.206 e. The number of rotatable bonds is 1. The van der Waals surface area contributed by atoms with Gasteiger partial charge in [-0.05, 0) is 40.3 Å². The highest BCUT2D eigenvalue weighted by Gasteiger charge is 2.05. The summed E-state index contributed by atoms with van der Waals surface area (Å²) in [5.41, 5.74) is 0.970. The van der Waals surface area contributed by atoms with Crippen LogP contribution in [-0.2, 0) is 5.33 Å². The molecule has 0 aliphatic carbocycles. The molecule has 0 fully saturated rings. The van der Waals surface area contributed by atoms with E-state index in [1.165, 1.54) is 6.07 Å². The van der Waals surface area contributed by atoms with Crippen molar-refractivity contribution in [2.75, 3.05) is 0 Å². The van der Waals surface area contributed by atoms with E-state index >= 15 is 0 Å². The van der Waals surface area contributed by atoms with Gasteiger partial charge in [-0.1, -0.05) is 31.9 Å². The normalized spacial score (nSPS) is 10.2. The maximum atomic E-state index is 13.0. The molecule has 0 amide bonds. The molecule has 4 heteroatoms. The van der Waals surface area contributed by atoms with Gasteiger partial charge in [-0.25, -0.2) is 4.39 Å². The van der Waals surface area contributed by atoms with Crippen molar-refractivity contribution >= 4 is 54.5 Å². The molecule has 11 heavy (non-hydrogen) atoms. The van der Waals surface area contributed by atoms with E-state index in [9.17, 15) is 4.39 Å². The van der Waals surface area contributed by atoms with E-state index in [2.05, 4.69) is 31.9 Å². The Labute approximate surface area is 95.0 Å². The van der Waals surface area contributed by atoms with E-state index in [0.29, 0.717) is 8.90 Å². The molecule has 0 aliphatic rings. The Hall–Kier alpha value is 0.840. The lowest BCUT2D eigenvalue weighted by atomic mass is 10.2. The van der Waals surface area contributed by atoms with Crippen LogP contribution >= 0.6 is 54.5 Å². The first kappa shape index (κ1) is 9.92. The molecular weight excluding hydrogens is 390 g/mol. The van der Waals surface area contributed by atoms with Gasteiger partial charge in [0, 0.05) is 9.80 Å². The van der Waals surface area contributed by atoms with Gasteiger partial charge < -0.3 is 0 Å². The van der Waals surface area contributed by atoms with E-state index in [1.807, 2.05) is 28.7 Å². The van der Waals surface area contributed by atoms with Crippen LogP contribution in [0.3, 0.4) is 0 Å². The maximum absolute atomic E-state index is 13.0. The first-order valence-corrected chi connectivity index (χ1v) is 5.84. The van der Waals surface area contributed by atoms with Crippen LogP contribution in [0.1, 0.15) is 5.56 Å². The topological polar surface area (TPSA) is 0 Å². The molecule has 1 rings (SSSR count). The zero-order valence-corrected chi connectivity index (χ0v) is 10.7. The predicted molar refractivity (Wildman–Crippen MR) is 59.4 cm³/mol. The molecule has 0 atom stereocenters. The number of benzene rings is 1. The van der Waals surface area contributed by atoms with Gasteiger partial charge >= 0.3 is 0 Å². The monoisotopic (exact) mass is 392 g/mol. The van der Waals surface area contributed by atoms with Crippen molar-refractivity contribution in [1.82, 2.24) is 0 Å². The molecule has 0 bridgehead atoms. The second kappa shape index (κ2) is 4.18. The van der Waals surface area contributed by atoms with Gasteiger partial charge in [0.05, 0.1) is 3.57 Å². The molecule has 0 saturated carbocycles. The molecular formula is C7H4Br2FI. The fraction of sp³-hybridized carbons (Fsp3) is 0.143. The summed E-state index contributed by atoms with van der Waals surface area (Å²) in [6, 6.07) is 3.37. The van der Waals surface area contributed by atoms with Crippen LogP contribution in [0.2, 0.25) is 0 Å². The molecule has 0 aromatic heterocycles. The summed E-state index contributed by atoms with van der Waals surface area (Å²) in [5, 5.41) is 0.682. The zero-order chi connectivity index (χ0) is 8.43. The predicted octanol–water partition coefficient (Wildman–Crippen LogP) is 4.09. The number of alkyl halides is 1. The van der Waals surface area contributed by atoms with Gasteiger partial charge in [0.15, 0.2) is 0 Å². The highest BCUT2D eigenvalue weighted by molar-refractivity contribution is 14.1. The van der Waals surface area contributed by atoms with E-state index in [0.717, 1.165) is 10.0 Å². The Balaban J connectivity index is 3.24. The summed E-state index contributed by atoms with van der Waals surface area (Å²) in [4.78, 5) is 0. The molecule has 0 saturated heterocycles. The summed E-state index contributed by atoms with van der Waals surface area (Å²) in [6.07, 6.45) is 0. The average molecular weight is 394 g/mol. The van der Waals surface area contributed by atoms with Gasteiger partial charge in [0.2, 0.25) is 0 Å². The Morgan fingerprint density at radius 2 is 2.09 bits per heavy atom. The third-order valence-corrected chi connectivity index (χ3v) is 3.48. The zero-order valence-electron chi connectivity index (χ0n) is 5.37. The number of halogens is 4. The summed E-state index contributed by atoms with van der Waals surface area (Å²) in [6.45, 7) is 0. The van der Waals surface area contributed by atoms with Crippen LogP contribution in [-0.4, -0.2) is 0 Å². The lowest BCUT2D eigenvalue weighted by molar-refractivity contribution is 0.617. The SMILES string of the molecule is Fc1cc(Br)cc(CBr)c1I. The quantitative estimate of drug-likeness (QED) is 0.383. The molecule has 1 aromatic rings. The van der Waals surface area contributed by atoms with Crippen LogP contribution in [0.25, 0.3) is 0 Å². The maximum Gasteiger partial charge on any atom is 0.137 e. The Morgan fingerprint density at radius 1 is 1.45 bits per heavy atom. The average Bonchev–Trinajstić information content (AvgIpc) is 1.96. The third kappa shape index (κ3) is 2.39. The Bertz CT molecular complexity index is 275. The van der Waals surface area contributed by atoms with Crippen molar-refractivity contribution in [3.8, 4) is 0 Å². The second-order valence-electron chi connectivity index (χ2n) is 1.99. The van der Waals surface area contributed by atoms with Gasteiger partial charge in [-0.3, -0.25) is 0 Å². The van der Waals surface area contributed by atoms with Gasteiger partial charge in [0.1, 0.15) is 5.82 Å². The van der Waals surface area contributed by atoms with Crippen molar-refractivity contribution in [2.24, 2.45) is 0 Å². The minimum atomic E-state index is -0.172. The standard InChI is InChI=1S/C7H4Br2FI/c8-3-4-1-5(9)2-6(10)7(4)11/h1-2H,3H2. The van der Waals surface area contributed by atoms with Crippen molar-refractivity contribution in [2.45, 2.75) is 5.33 Å². The molecule has 0 N–H and O–H groups in total. The van der Waals surface area contributed by atoms with Crippen molar-refractivity contribution in [3.63, 3.8) is 0 Å². The first-order valence-electron chi connectivity index (χ1n) is 2.84. The van der Waals surface area contributed by atoms with E-state index in [-0.39, 0.29) is 5.82 Å². The first-order chi connectivity index (χ1) is 5.15. The Morgan fingerprint density at radius 3 is 2.64 bits per heavy atom. The van der Waals surface area contributed by atoms with E-state index in [1.54, 1.807) is 0 Å². The highest BCUT2D eigenvalue weighted by Crippen LogP contribution is 2.23. The van der Waals surface area contributed by atoms with Crippen molar-refractivity contribution < 1.29 is 4.39 Å². The van der Waals surface area contributed by atoms with Crippen LogP contribution < -0.4 is 0 Å². The molecule has 1 aromatic carbocycles. The smallest absolute Gasteiger partial charge is 0.137 e. The van der Waals surface area contributed by atoms with Gasteiger partial charge in [-0.15, -0.1) is 0 Å². The van der Waals surface area contributed by atoms with E-state index in [4.69, 9.17) is 0 Å². The molecule has 0 spiro atoms. The van der Waals surface area contributed by atoms with Crippen molar-refractivity contribution in [1.29, 1.82) is 0 Å². The lowest BCUT2D eigenvalue weighted by Gasteiger charge is -2.01. The number of hydrogen-bond acceptors (Lipinski definition) is 0. The van der Waals surface area contributed by atoms with Gasteiger partial charge in [-0.2, -0.15) is 0 Å². The van der Waals surface area contributed by atoms with Crippen LogP contribution in [0.5, 0.6) is 0 Å². The summed E-state index contributed by atoms with van der Waals surface area (Å²) < 4.78 is 14.4. The molecule has 0 heterocycles. The van der Waals surface area contributed by atoms with Crippen LogP contribution in [0.15, 0.2) is 16.6 Å². The molecule has 0 aliphatic heterocycles. The minimum Gasteiger partial charge on any atom is -0.206 e. The third-order valence-electron chi connectivity index (χ3n) is 1.21. The van der Waals surface area contributed by atoms with E-state index < -0.39 is 0 Å². The fourth-order valence-corrected chi connectivity index (χ4v) is 2.65. The fourth-order valence-electron chi connectivity index (χ4n) is 0.707. The summed E-state index contributed by atoms with van der Waals surface area (Å²) in [7, 11) is 0. The summed E-state index contributed by atoms with van der Waals surface area (Å²) >= 11 is 8.50. The number of hydrogen-bond donors (Lipinski definition) is 0. The van der Waals surface area contributed by atoms with Crippen molar-refractivity contribution in [3.05, 3.63) is 31.6 Å². The summed E-state index contributed by atoms with van der Waals surface area (Å²) in [5.74, 6) is -0.172. The van der Waals surface area contributed by atoms with Crippen LogP contribution in [0, 0.1) is 9.39 Å². The minimum absolute atomic E-state index is 0.172. The molecule has 0 unspecified atom stereocenters. The van der Waals surface area contributed by atoms with Crippen LogP contribution in [0.4, 0.5) is 4.39 Å². The van der Waals surface area contributed by atoms with Gasteiger partial charge in [0.25, 0.3) is 0 Å². The second-order valence-corrected chi connectivity index (χ2v) is 4.55. The molecule has 0 radical (unpaired) electrons. The molecule has 0 nitrogen and oxygen atoms in total. The lowest BCUT2D eigenvalue weighted by Crippen LogP contribution is -1.89.